The molecule has 0 aliphatic heterocycles. The summed E-state index contributed by atoms with van der Waals surface area (Å²) in [7, 11) is 0. The third kappa shape index (κ3) is 5.14. The minimum absolute atomic E-state index is 0.129. The molecule has 2 N–H and O–H groups in total. The molecule has 0 saturated carbocycles. The van der Waals surface area contributed by atoms with Gasteiger partial charge in [0.05, 0.1) is 5.41 Å². The molecule has 0 aromatic heterocycles. The second-order valence-corrected chi connectivity index (χ2v) is 6.40. The second kappa shape index (κ2) is 8.59. The maximum Gasteiger partial charge on any atom is 0.387 e. The Balaban J connectivity index is 2.90. The second-order valence-electron chi connectivity index (χ2n) is 5.49. The smallest absolute Gasteiger partial charge is 0.387 e. The van der Waals surface area contributed by atoms with Crippen LogP contribution in [0.15, 0.2) is 16.6 Å². The van der Waals surface area contributed by atoms with E-state index in [1.54, 1.807) is 19.1 Å². The first-order chi connectivity index (χ1) is 10.8. The van der Waals surface area contributed by atoms with Crippen molar-refractivity contribution in [2.24, 2.45) is 5.41 Å². The predicted molar refractivity (Wildman–Crippen MR) is 87.9 cm³/mol. The number of hydrogen-bond acceptors (Lipinski definition) is 3. The van der Waals surface area contributed by atoms with Crippen molar-refractivity contribution in [1.82, 2.24) is 5.32 Å². The third-order valence-electron chi connectivity index (χ3n) is 4.11. The molecule has 0 aliphatic carbocycles. The van der Waals surface area contributed by atoms with E-state index in [1.165, 1.54) is 0 Å². The van der Waals surface area contributed by atoms with Gasteiger partial charge in [-0.3, -0.25) is 4.79 Å². The molecule has 0 spiro atoms. The van der Waals surface area contributed by atoms with Gasteiger partial charge in [0.2, 0.25) is 0 Å². The Kier molecular flexibility index (Phi) is 7.41. The highest BCUT2D eigenvalue weighted by atomic mass is 79.9. The minimum atomic E-state index is -2.90. The van der Waals surface area contributed by atoms with Crippen molar-refractivity contribution in [3.63, 3.8) is 0 Å². The lowest BCUT2D eigenvalue weighted by Crippen LogP contribution is -2.40. The normalized spacial score (nSPS) is 11.8. The van der Waals surface area contributed by atoms with Crippen LogP contribution in [0.5, 0.6) is 5.75 Å². The monoisotopic (exact) mass is 393 g/mol. The van der Waals surface area contributed by atoms with E-state index >= 15 is 0 Å². The van der Waals surface area contributed by atoms with Crippen molar-refractivity contribution in [3.8, 4) is 5.75 Å². The molecule has 0 bridgehead atoms. The molecule has 0 atom stereocenters. The number of carbonyl (C=O) groups is 1. The summed E-state index contributed by atoms with van der Waals surface area (Å²) >= 11 is 3.33. The van der Waals surface area contributed by atoms with Gasteiger partial charge < -0.3 is 15.2 Å². The van der Waals surface area contributed by atoms with E-state index < -0.39 is 18.0 Å². The van der Waals surface area contributed by atoms with Crippen LogP contribution in [0, 0.1) is 12.3 Å². The van der Waals surface area contributed by atoms with Crippen LogP contribution in [0.2, 0.25) is 0 Å². The highest BCUT2D eigenvalue weighted by molar-refractivity contribution is 9.10. The van der Waals surface area contributed by atoms with Gasteiger partial charge in [0.15, 0.2) is 0 Å². The summed E-state index contributed by atoms with van der Waals surface area (Å²) in [5, 5.41) is 12.5. The largest absolute Gasteiger partial charge is 0.481 e. The van der Waals surface area contributed by atoms with E-state index in [-0.39, 0.29) is 18.8 Å². The molecule has 0 radical (unpaired) electrons. The summed E-state index contributed by atoms with van der Waals surface area (Å²) in [4.78, 5) is 11.5. The molecule has 0 fully saturated rings. The third-order valence-corrected chi connectivity index (χ3v) is 4.57. The standard InChI is InChI=1S/C16H22BrF2NO3/c1-4-16(5-2,14(21)22)9-20-8-11-7-12(17)6-10(3)13(11)23-15(18)19/h6-7,15,20H,4-5,8-9H2,1-3H3,(H,21,22). The number of hydrogen-bond donors (Lipinski definition) is 2. The Hall–Kier alpha value is -1.21. The number of aliphatic carboxylic acids is 1. The van der Waals surface area contributed by atoms with Gasteiger partial charge in [-0.15, -0.1) is 0 Å². The number of carboxylic acid groups (broad SMARTS) is 1. The summed E-state index contributed by atoms with van der Waals surface area (Å²) in [5.41, 5.74) is 0.292. The van der Waals surface area contributed by atoms with Crippen molar-refractivity contribution in [2.75, 3.05) is 6.54 Å². The first-order valence-corrected chi connectivity index (χ1v) is 8.23. The van der Waals surface area contributed by atoms with Crippen molar-refractivity contribution in [2.45, 2.75) is 46.8 Å². The molecule has 7 heteroatoms. The summed E-state index contributed by atoms with van der Waals surface area (Å²) < 4.78 is 30.5. The maximum atomic E-state index is 12.6. The predicted octanol–water partition coefficient (Wildman–Crippen LogP) is 4.34. The molecule has 0 unspecified atom stereocenters. The van der Waals surface area contributed by atoms with Crippen molar-refractivity contribution in [3.05, 3.63) is 27.7 Å². The van der Waals surface area contributed by atoms with Crippen LogP contribution in [-0.4, -0.2) is 24.2 Å². The molecule has 0 aliphatic rings. The highest BCUT2D eigenvalue weighted by Gasteiger charge is 2.34. The van der Waals surface area contributed by atoms with E-state index in [9.17, 15) is 18.7 Å². The summed E-state index contributed by atoms with van der Waals surface area (Å²) in [6.07, 6.45) is 0.980. The fraction of sp³-hybridized carbons (Fsp3) is 0.562. The average Bonchev–Trinajstić information content (AvgIpc) is 2.46. The van der Waals surface area contributed by atoms with Gasteiger partial charge in [-0.25, -0.2) is 0 Å². The highest BCUT2D eigenvalue weighted by Crippen LogP contribution is 2.30. The van der Waals surface area contributed by atoms with Gasteiger partial charge in [-0.1, -0.05) is 29.8 Å². The van der Waals surface area contributed by atoms with Gasteiger partial charge in [-0.05, 0) is 37.5 Å². The zero-order valence-electron chi connectivity index (χ0n) is 13.5. The lowest BCUT2D eigenvalue weighted by Gasteiger charge is -2.27. The Morgan fingerprint density at radius 1 is 1.39 bits per heavy atom. The Morgan fingerprint density at radius 3 is 2.48 bits per heavy atom. The molecule has 23 heavy (non-hydrogen) atoms. The SMILES string of the molecule is CCC(CC)(CNCc1cc(Br)cc(C)c1OC(F)F)C(=O)O. The minimum Gasteiger partial charge on any atom is -0.481 e. The van der Waals surface area contributed by atoms with E-state index in [4.69, 9.17) is 0 Å². The summed E-state index contributed by atoms with van der Waals surface area (Å²) in [6, 6.07) is 3.39. The first-order valence-electron chi connectivity index (χ1n) is 7.43. The Labute approximate surface area is 143 Å². The van der Waals surface area contributed by atoms with Crippen LogP contribution >= 0.6 is 15.9 Å². The van der Waals surface area contributed by atoms with Gasteiger partial charge in [0, 0.05) is 23.1 Å². The van der Waals surface area contributed by atoms with Gasteiger partial charge in [-0.2, -0.15) is 8.78 Å². The molecular formula is C16H22BrF2NO3. The summed E-state index contributed by atoms with van der Waals surface area (Å²) in [6.45, 7) is 2.94. The molecule has 0 amide bonds. The molecule has 1 rings (SSSR count). The first kappa shape index (κ1) is 19.8. The Morgan fingerprint density at radius 2 is 2.00 bits per heavy atom. The van der Waals surface area contributed by atoms with Crippen molar-refractivity contribution < 1.29 is 23.4 Å². The van der Waals surface area contributed by atoms with Crippen molar-refractivity contribution in [1.29, 1.82) is 0 Å². The molecule has 0 heterocycles. The van der Waals surface area contributed by atoms with Crippen LogP contribution in [0.25, 0.3) is 0 Å². The number of carboxylic acids is 1. The number of ether oxygens (including phenoxy) is 1. The molecule has 0 saturated heterocycles. The van der Waals surface area contributed by atoms with Gasteiger partial charge >= 0.3 is 12.6 Å². The fourth-order valence-electron chi connectivity index (χ4n) is 2.50. The number of benzene rings is 1. The fourth-order valence-corrected chi connectivity index (χ4v) is 3.12. The molecule has 1 aromatic rings. The maximum absolute atomic E-state index is 12.6. The number of alkyl halides is 2. The quantitative estimate of drug-likeness (QED) is 0.654. The zero-order valence-corrected chi connectivity index (χ0v) is 15.0. The molecular weight excluding hydrogens is 372 g/mol. The lowest BCUT2D eigenvalue weighted by molar-refractivity contribution is -0.149. The van der Waals surface area contributed by atoms with Crippen molar-refractivity contribution >= 4 is 21.9 Å². The summed E-state index contributed by atoms with van der Waals surface area (Å²) in [5.74, 6) is -0.728. The number of halogens is 3. The molecule has 1 aromatic carbocycles. The topological polar surface area (TPSA) is 58.6 Å². The van der Waals surface area contributed by atoms with Crippen LogP contribution in [0.4, 0.5) is 8.78 Å². The van der Waals surface area contributed by atoms with Crippen LogP contribution in [0.3, 0.4) is 0 Å². The van der Waals surface area contributed by atoms with Gasteiger partial charge in [0.1, 0.15) is 5.75 Å². The zero-order chi connectivity index (χ0) is 17.6. The van der Waals surface area contributed by atoms with Gasteiger partial charge in [0.25, 0.3) is 0 Å². The molecule has 4 nitrogen and oxygen atoms in total. The number of nitrogens with one attached hydrogen (secondary N) is 1. The molecule has 130 valence electrons. The van der Waals surface area contributed by atoms with Crippen LogP contribution < -0.4 is 10.1 Å². The van der Waals surface area contributed by atoms with E-state index in [1.807, 2.05) is 13.8 Å². The van der Waals surface area contributed by atoms with E-state index in [0.29, 0.717) is 24.0 Å². The lowest BCUT2D eigenvalue weighted by atomic mass is 9.82. The van der Waals surface area contributed by atoms with E-state index in [2.05, 4.69) is 26.0 Å². The van der Waals surface area contributed by atoms with Crippen LogP contribution in [0.1, 0.15) is 37.8 Å². The number of rotatable bonds is 9. The van der Waals surface area contributed by atoms with Crippen LogP contribution in [-0.2, 0) is 11.3 Å². The number of aryl methyl sites for hydroxylation is 1. The average molecular weight is 394 g/mol. The van der Waals surface area contributed by atoms with E-state index in [0.717, 1.165) is 4.47 Å². The Bertz CT molecular complexity index is 548.